The molecule has 1 amide bonds. The first-order valence-electron chi connectivity index (χ1n) is 8.38. The Morgan fingerprint density at radius 2 is 2.22 bits per heavy atom. The second kappa shape index (κ2) is 6.39. The molecule has 7 heteroatoms. The summed E-state index contributed by atoms with van der Waals surface area (Å²) in [6, 6.07) is 0. The molecule has 23 heavy (non-hydrogen) atoms. The fraction of sp³-hybridized carbons (Fsp3) is 0.625. The van der Waals surface area contributed by atoms with Gasteiger partial charge in [0, 0.05) is 23.9 Å². The summed E-state index contributed by atoms with van der Waals surface area (Å²) in [5, 5.41) is 5.27. The number of aryl methyl sites for hydroxylation is 2. The van der Waals surface area contributed by atoms with Crippen LogP contribution in [-0.2, 0) is 24.2 Å². The number of thiazole rings is 1. The molecule has 0 N–H and O–H groups in total. The van der Waals surface area contributed by atoms with Gasteiger partial charge in [-0.15, -0.1) is 11.3 Å². The van der Waals surface area contributed by atoms with Crippen molar-refractivity contribution in [1.82, 2.24) is 24.6 Å². The van der Waals surface area contributed by atoms with Gasteiger partial charge in [-0.1, -0.05) is 0 Å². The summed E-state index contributed by atoms with van der Waals surface area (Å²) in [5.41, 5.74) is 1.32. The van der Waals surface area contributed by atoms with Gasteiger partial charge < -0.3 is 4.90 Å². The zero-order valence-corrected chi connectivity index (χ0v) is 14.0. The van der Waals surface area contributed by atoms with Gasteiger partial charge in [0.25, 0.3) is 0 Å². The van der Waals surface area contributed by atoms with E-state index in [0.717, 1.165) is 32.4 Å². The number of fused-ring (bicyclic) bond motifs is 1. The molecule has 1 unspecified atom stereocenters. The Labute approximate surface area is 139 Å². The van der Waals surface area contributed by atoms with Crippen molar-refractivity contribution >= 4 is 17.2 Å². The first kappa shape index (κ1) is 14.8. The molecule has 0 bridgehead atoms. The lowest BCUT2D eigenvalue weighted by Gasteiger charge is -2.31. The third kappa shape index (κ3) is 3.15. The number of carbonyl (C=O) groups excluding carboxylic acids is 1. The molecule has 2 aromatic rings. The van der Waals surface area contributed by atoms with Crippen molar-refractivity contribution in [3.63, 3.8) is 0 Å². The van der Waals surface area contributed by atoms with E-state index < -0.39 is 0 Å². The molecule has 2 aromatic heterocycles. The van der Waals surface area contributed by atoms with Gasteiger partial charge in [-0.3, -0.25) is 4.79 Å². The third-order valence-corrected chi connectivity index (χ3v) is 6.07. The molecule has 6 nitrogen and oxygen atoms in total. The molecule has 0 saturated carbocycles. The van der Waals surface area contributed by atoms with Gasteiger partial charge in [0.1, 0.15) is 19.2 Å². The molecule has 0 spiro atoms. The van der Waals surface area contributed by atoms with E-state index in [2.05, 4.69) is 10.1 Å². The highest BCUT2D eigenvalue weighted by molar-refractivity contribution is 7.11. The van der Waals surface area contributed by atoms with Crippen molar-refractivity contribution in [2.45, 2.75) is 51.0 Å². The SMILES string of the molecule is O=C(Cn1cncn1)N1CCCC(c2nc3c(s2)CCCC3)C1. The summed E-state index contributed by atoms with van der Waals surface area (Å²) in [4.78, 5) is 24.7. The van der Waals surface area contributed by atoms with Crippen LogP contribution in [0.15, 0.2) is 12.7 Å². The Kier molecular flexibility index (Phi) is 4.11. The van der Waals surface area contributed by atoms with E-state index in [1.165, 1.54) is 41.2 Å². The maximum Gasteiger partial charge on any atom is 0.244 e. The fourth-order valence-corrected chi connectivity index (χ4v) is 4.78. The van der Waals surface area contributed by atoms with Crippen LogP contribution in [0.2, 0.25) is 0 Å². The maximum absolute atomic E-state index is 12.5. The molecular formula is C16H21N5OS. The van der Waals surface area contributed by atoms with Crippen LogP contribution in [0.3, 0.4) is 0 Å². The van der Waals surface area contributed by atoms with E-state index in [-0.39, 0.29) is 12.5 Å². The van der Waals surface area contributed by atoms with Crippen molar-refractivity contribution < 1.29 is 4.79 Å². The second-order valence-electron chi connectivity index (χ2n) is 6.40. The number of carbonyl (C=O) groups is 1. The van der Waals surface area contributed by atoms with Crippen LogP contribution in [0.1, 0.15) is 47.2 Å². The van der Waals surface area contributed by atoms with Crippen molar-refractivity contribution in [3.8, 4) is 0 Å². The Morgan fingerprint density at radius 1 is 1.30 bits per heavy atom. The molecule has 1 aliphatic heterocycles. The highest BCUT2D eigenvalue weighted by Gasteiger charge is 2.28. The average Bonchev–Trinajstić information content (AvgIpc) is 3.24. The molecule has 1 fully saturated rings. The summed E-state index contributed by atoms with van der Waals surface area (Å²) < 4.78 is 1.59. The van der Waals surface area contributed by atoms with Crippen LogP contribution >= 0.6 is 11.3 Å². The van der Waals surface area contributed by atoms with Gasteiger partial charge in [0.2, 0.25) is 5.91 Å². The van der Waals surface area contributed by atoms with Gasteiger partial charge in [-0.05, 0) is 38.5 Å². The monoisotopic (exact) mass is 331 g/mol. The third-order valence-electron chi connectivity index (χ3n) is 4.75. The van der Waals surface area contributed by atoms with E-state index in [4.69, 9.17) is 4.98 Å². The topological polar surface area (TPSA) is 63.9 Å². The van der Waals surface area contributed by atoms with Crippen LogP contribution in [0, 0.1) is 0 Å². The highest BCUT2D eigenvalue weighted by atomic mass is 32.1. The zero-order valence-electron chi connectivity index (χ0n) is 13.1. The Bertz CT molecular complexity index is 657. The summed E-state index contributed by atoms with van der Waals surface area (Å²) in [6.45, 7) is 1.91. The molecule has 3 heterocycles. The van der Waals surface area contributed by atoms with Crippen molar-refractivity contribution in [3.05, 3.63) is 28.2 Å². The summed E-state index contributed by atoms with van der Waals surface area (Å²) in [5.74, 6) is 0.528. The predicted molar refractivity (Wildman–Crippen MR) is 87.3 cm³/mol. The maximum atomic E-state index is 12.5. The van der Waals surface area contributed by atoms with Crippen LogP contribution in [0.4, 0.5) is 0 Å². The quantitative estimate of drug-likeness (QED) is 0.863. The molecular weight excluding hydrogens is 310 g/mol. The lowest BCUT2D eigenvalue weighted by molar-refractivity contribution is -0.133. The van der Waals surface area contributed by atoms with Gasteiger partial charge in [0.05, 0.1) is 10.7 Å². The first-order valence-corrected chi connectivity index (χ1v) is 9.20. The Morgan fingerprint density at radius 3 is 3.04 bits per heavy atom. The average molecular weight is 331 g/mol. The lowest BCUT2D eigenvalue weighted by Crippen LogP contribution is -2.40. The minimum absolute atomic E-state index is 0.126. The molecule has 0 aromatic carbocycles. The van der Waals surface area contributed by atoms with Crippen LogP contribution in [0.25, 0.3) is 0 Å². The van der Waals surface area contributed by atoms with Gasteiger partial charge in [0.15, 0.2) is 0 Å². The first-order chi connectivity index (χ1) is 11.3. The fourth-order valence-electron chi connectivity index (χ4n) is 3.50. The Balaban J connectivity index is 1.44. The second-order valence-corrected chi connectivity index (χ2v) is 7.52. The molecule has 1 saturated heterocycles. The van der Waals surface area contributed by atoms with E-state index in [9.17, 15) is 4.79 Å². The molecule has 1 aliphatic carbocycles. The number of likely N-dealkylation sites (tertiary alicyclic amines) is 1. The minimum atomic E-state index is 0.126. The number of piperidine rings is 1. The molecule has 1 atom stereocenters. The van der Waals surface area contributed by atoms with Gasteiger partial charge in [-0.25, -0.2) is 14.6 Å². The standard InChI is InChI=1S/C16H21N5OS/c22-15(9-21-11-17-10-18-21)20-7-3-4-12(8-20)16-19-13-5-1-2-6-14(13)23-16/h10-12H,1-9H2. The highest BCUT2D eigenvalue weighted by Crippen LogP contribution is 2.34. The van der Waals surface area contributed by atoms with E-state index in [1.807, 2.05) is 16.2 Å². The van der Waals surface area contributed by atoms with Crippen LogP contribution in [0.5, 0.6) is 0 Å². The zero-order chi connectivity index (χ0) is 15.6. The number of rotatable bonds is 3. The van der Waals surface area contributed by atoms with Crippen molar-refractivity contribution in [2.24, 2.45) is 0 Å². The van der Waals surface area contributed by atoms with Crippen LogP contribution < -0.4 is 0 Å². The predicted octanol–water partition coefficient (Wildman–Crippen LogP) is 2.02. The minimum Gasteiger partial charge on any atom is -0.340 e. The Hall–Kier alpha value is -1.76. The van der Waals surface area contributed by atoms with Gasteiger partial charge >= 0.3 is 0 Å². The lowest BCUT2D eigenvalue weighted by atomic mass is 9.98. The van der Waals surface area contributed by atoms with Crippen LogP contribution in [-0.4, -0.2) is 43.6 Å². The molecule has 0 radical (unpaired) electrons. The largest absolute Gasteiger partial charge is 0.340 e. The normalized spacial score (nSPS) is 21.2. The summed E-state index contributed by atoms with van der Waals surface area (Å²) >= 11 is 1.88. The van der Waals surface area contributed by atoms with Crippen molar-refractivity contribution in [1.29, 1.82) is 0 Å². The van der Waals surface area contributed by atoms with Gasteiger partial charge in [-0.2, -0.15) is 5.10 Å². The molecule has 4 rings (SSSR count). The number of amides is 1. The summed E-state index contributed by atoms with van der Waals surface area (Å²) in [6.07, 6.45) is 10.1. The summed E-state index contributed by atoms with van der Waals surface area (Å²) in [7, 11) is 0. The number of hydrogen-bond acceptors (Lipinski definition) is 5. The van der Waals surface area contributed by atoms with E-state index in [1.54, 1.807) is 11.0 Å². The number of nitrogens with zero attached hydrogens (tertiary/aromatic N) is 5. The van der Waals surface area contributed by atoms with E-state index >= 15 is 0 Å². The number of aromatic nitrogens is 4. The van der Waals surface area contributed by atoms with Crippen molar-refractivity contribution in [2.75, 3.05) is 13.1 Å². The smallest absolute Gasteiger partial charge is 0.244 e. The molecule has 2 aliphatic rings. The van der Waals surface area contributed by atoms with E-state index in [0.29, 0.717) is 5.92 Å². The molecule has 122 valence electrons. The number of hydrogen-bond donors (Lipinski definition) is 0.